The van der Waals surface area contributed by atoms with E-state index in [-0.39, 0.29) is 10.4 Å². The Labute approximate surface area is 95.5 Å². The van der Waals surface area contributed by atoms with Crippen LogP contribution in [0.2, 0.25) is 0 Å². The second kappa shape index (κ2) is 3.51. The molecule has 15 heavy (non-hydrogen) atoms. The number of hydrogen-bond donors (Lipinski definition) is 2. The molecule has 2 nitrogen and oxygen atoms in total. The van der Waals surface area contributed by atoms with Gasteiger partial charge in [-0.25, -0.2) is 0 Å². The molecule has 0 bridgehead atoms. The van der Waals surface area contributed by atoms with Gasteiger partial charge in [-0.3, -0.25) is 0 Å². The van der Waals surface area contributed by atoms with Crippen LogP contribution in [0.4, 0.5) is 0 Å². The number of hydrogen-bond acceptors (Lipinski definition) is 3. The molecule has 0 aromatic heterocycles. The van der Waals surface area contributed by atoms with Crippen molar-refractivity contribution >= 4 is 11.8 Å². The van der Waals surface area contributed by atoms with Gasteiger partial charge in [-0.15, -0.1) is 11.8 Å². The molecule has 4 N–H and O–H groups in total. The van der Waals surface area contributed by atoms with Crippen LogP contribution in [0.25, 0.3) is 0 Å². The Morgan fingerprint density at radius 1 is 1.13 bits per heavy atom. The van der Waals surface area contributed by atoms with Gasteiger partial charge in [0, 0.05) is 5.75 Å². The molecule has 82 valence electrons. The number of rotatable bonds is 0. The third-order valence-electron chi connectivity index (χ3n) is 2.80. The van der Waals surface area contributed by atoms with Gasteiger partial charge in [0.25, 0.3) is 0 Å². The summed E-state index contributed by atoms with van der Waals surface area (Å²) >= 11 is 1.81. The second-order valence-electron chi connectivity index (χ2n) is 4.86. The molecular weight excluding hydrogens is 204 g/mol. The molecule has 0 aromatic carbocycles. The minimum Gasteiger partial charge on any atom is -0.319 e. The standard InChI is InChI=1S/C12H18N2S/c1-11(13)5-3-9-7-12(2,14)15-8-10(9)4-6-11/h3-6H,7-8,13-14H2,1-2H3. The van der Waals surface area contributed by atoms with E-state index < -0.39 is 0 Å². The van der Waals surface area contributed by atoms with Crippen LogP contribution in [-0.2, 0) is 0 Å². The van der Waals surface area contributed by atoms with Crippen molar-refractivity contribution < 1.29 is 0 Å². The third-order valence-corrected chi connectivity index (χ3v) is 4.06. The van der Waals surface area contributed by atoms with Gasteiger partial charge in [0.1, 0.15) is 0 Å². The van der Waals surface area contributed by atoms with E-state index in [4.69, 9.17) is 11.5 Å². The van der Waals surface area contributed by atoms with E-state index in [0.29, 0.717) is 0 Å². The van der Waals surface area contributed by atoms with E-state index in [9.17, 15) is 0 Å². The molecule has 3 heteroatoms. The number of nitrogens with two attached hydrogens (primary N) is 2. The molecule has 0 aromatic rings. The number of allylic oxidation sites excluding steroid dienone is 2. The van der Waals surface area contributed by atoms with Crippen molar-refractivity contribution in [2.45, 2.75) is 30.7 Å². The molecular formula is C12H18N2S. The maximum Gasteiger partial charge on any atom is 0.0635 e. The zero-order valence-electron chi connectivity index (χ0n) is 9.29. The van der Waals surface area contributed by atoms with Gasteiger partial charge in [-0.1, -0.05) is 24.3 Å². The summed E-state index contributed by atoms with van der Waals surface area (Å²) in [5.41, 5.74) is 14.6. The highest BCUT2D eigenvalue weighted by Gasteiger charge is 2.27. The van der Waals surface area contributed by atoms with Gasteiger partial charge in [0.05, 0.1) is 10.4 Å². The van der Waals surface area contributed by atoms with Gasteiger partial charge in [0.15, 0.2) is 0 Å². The molecule has 2 atom stereocenters. The molecule has 1 aliphatic carbocycles. The molecule has 2 unspecified atom stereocenters. The van der Waals surface area contributed by atoms with Crippen molar-refractivity contribution in [3.63, 3.8) is 0 Å². The lowest BCUT2D eigenvalue weighted by Gasteiger charge is -2.30. The van der Waals surface area contributed by atoms with E-state index >= 15 is 0 Å². The summed E-state index contributed by atoms with van der Waals surface area (Å²) in [6, 6.07) is 0. The first kappa shape index (κ1) is 11.0. The lowest BCUT2D eigenvalue weighted by atomic mass is 10.0. The van der Waals surface area contributed by atoms with Gasteiger partial charge >= 0.3 is 0 Å². The minimum atomic E-state index is -0.326. The van der Waals surface area contributed by atoms with Crippen LogP contribution in [0.3, 0.4) is 0 Å². The highest BCUT2D eigenvalue weighted by Crippen LogP contribution is 2.37. The quantitative estimate of drug-likeness (QED) is 0.658. The van der Waals surface area contributed by atoms with Crippen molar-refractivity contribution in [3.05, 3.63) is 35.5 Å². The van der Waals surface area contributed by atoms with Gasteiger partial charge in [-0.05, 0) is 31.4 Å². The Morgan fingerprint density at radius 3 is 2.40 bits per heavy atom. The minimum absolute atomic E-state index is 0.133. The SMILES string of the molecule is CC1(N)C=CC2=C(C=C1)CC(C)(N)SC2. The van der Waals surface area contributed by atoms with Crippen LogP contribution >= 0.6 is 11.8 Å². The fourth-order valence-electron chi connectivity index (χ4n) is 1.82. The summed E-state index contributed by atoms with van der Waals surface area (Å²) in [4.78, 5) is -0.133. The van der Waals surface area contributed by atoms with Gasteiger partial charge in [0.2, 0.25) is 0 Å². The van der Waals surface area contributed by atoms with Crippen molar-refractivity contribution in [1.29, 1.82) is 0 Å². The summed E-state index contributed by atoms with van der Waals surface area (Å²) in [7, 11) is 0. The van der Waals surface area contributed by atoms with Crippen molar-refractivity contribution in [1.82, 2.24) is 0 Å². The molecule has 0 fully saturated rings. The maximum absolute atomic E-state index is 6.14. The fourth-order valence-corrected chi connectivity index (χ4v) is 2.84. The summed E-state index contributed by atoms with van der Waals surface area (Å²) in [6.07, 6.45) is 9.32. The Kier molecular flexibility index (Phi) is 2.57. The third kappa shape index (κ3) is 2.54. The lowest BCUT2D eigenvalue weighted by molar-refractivity contribution is 0.665. The topological polar surface area (TPSA) is 52.0 Å². The van der Waals surface area contributed by atoms with E-state index in [1.807, 2.05) is 18.7 Å². The highest BCUT2D eigenvalue weighted by molar-refractivity contribution is 8.00. The molecule has 0 spiro atoms. The normalized spacial score (nSPS) is 40.3. The average Bonchev–Trinajstić information content (AvgIpc) is 2.25. The molecule has 1 aliphatic heterocycles. The molecule has 2 aliphatic rings. The lowest BCUT2D eigenvalue weighted by Crippen LogP contribution is -2.35. The van der Waals surface area contributed by atoms with Crippen LogP contribution in [0.1, 0.15) is 20.3 Å². The maximum atomic E-state index is 6.14. The Hall–Kier alpha value is -0.510. The van der Waals surface area contributed by atoms with Crippen molar-refractivity contribution in [2.24, 2.45) is 11.5 Å². The van der Waals surface area contributed by atoms with Crippen LogP contribution in [0.5, 0.6) is 0 Å². The fraction of sp³-hybridized carbons (Fsp3) is 0.500. The Balaban J connectivity index is 2.32. The Morgan fingerprint density at radius 2 is 1.73 bits per heavy atom. The molecule has 0 saturated carbocycles. The summed E-state index contributed by atoms with van der Waals surface area (Å²) < 4.78 is 0. The predicted molar refractivity (Wildman–Crippen MR) is 67.6 cm³/mol. The zero-order chi connectivity index (χ0) is 11.1. The van der Waals surface area contributed by atoms with Crippen LogP contribution in [-0.4, -0.2) is 16.2 Å². The summed E-state index contributed by atoms with van der Waals surface area (Å²) in [5.74, 6) is 0.985. The molecule has 0 saturated heterocycles. The molecule has 2 rings (SSSR count). The zero-order valence-corrected chi connectivity index (χ0v) is 10.1. The van der Waals surface area contributed by atoms with Crippen molar-refractivity contribution in [2.75, 3.05) is 5.75 Å². The van der Waals surface area contributed by atoms with Crippen LogP contribution in [0, 0.1) is 0 Å². The highest BCUT2D eigenvalue weighted by atomic mass is 32.2. The van der Waals surface area contributed by atoms with E-state index in [1.54, 1.807) is 0 Å². The number of thioether (sulfide) groups is 1. The largest absolute Gasteiger partial charge is 0.319 e. The smallest absolute Gasteiger partial charge is 0.0635 e. The van der Waals surface area contributed by atoms with Crippen LogP contribution in [0.15, 0.2) is 35.5 Å². The first-order valence-corrected chi connectivity index (χ1v) is 6.19. The van der Waals surface area contributed by atoms with E-state index in [2.05, 4.69) is 31.2 Å². The predicted octanol–water partition coefficient (Wildman–Crippen LogP) is 1.94. The van der Waals surface area contributed by atoms with E-state index in [0.717, 1.165) is 12.2 Å². The van der Waals surface area contributed by atoms with Crippen molar-refractivity contribution in [3.8, 4) is 0 Å². The first-order chi connectivity index (χ1) is 6.88. The van der Waals surface area contributed by atoms with Gasteiger partial charge < -0.3 is 11.5 Å². The van der Waals surface area contributed by atoms with E-state index in [1.165, 1.54) is 11.1 Å². The summed E-state index contributed by atoms with van der Waals surface area (Å²) in [6.45, 7) is 4.10. The molecule has 0 radical (unpaired) electrons. The summed E-state index contributed by atoms with van der Waals surface area (Å²) in [5, 5.41) is 0. The Bertz CT molecular complexity index is 362. The van der Waals surface area contributed by atoms with Crippen LogP contribution < -0.4 is 11.5 Å². The molecule has 1 heterocycles. The average molecular weight is 222 g/mol. The first-order valence-electron chi connectivity index (χ1n) is 5.20. The monoisotopic (exact) mass is 222 g/mol. The second-order valence-corrected chi connectivity index (χ2v) is 6.37. The van der Waals surface area contributed by atoms with Gasteiger partial charge in [-0.2, -0.15) is 0 Å². The molecule has 0 amide bonds.